The van der Waals surface area contributed by atoms with Crippen LogP contribution < -0.4 is 0 Å². The van der Waals surface area contributed by atoms with Crippen LogP contribution in [0.2, 0.25) is 0 Å². The minimum atomic E-state index is -0.595. The fourth-order valence-electron chi connectivity index (χ4n) is 5.37. The van der Waals surface area contributed by atoms with Crippen molar-refractivity contribution in [3.8, 4) is 5.75 Å². The van der Waals surface area contributed by atoms with Gasteiger partial charge in [-0.2, -0.15) is 0 Å². The second kappa shape index (κ2) is 7.24. The third kappa shape index (κ3) is 2.87. The Kier molecular flexibility index (Phi) is 4.30. The van der Waals surface area contributed by atoms with Gasteiger partial charge in [-0.25, -0.2) is 4.79 Å². The largest absolute Gasteiger partial charge is 0.508 e. The molecule has 3 heterocycles. The molecule has 0 aliphatic carbocycles. The zero-order valence-corrected chi connectivity index (χ0v) is 18.1. The van der Waals surface area contributed by atoms with Crippen LogP contribution in [0.25, 0.3) is 10.9 Å². The molecule has 2 aliphatic rings. The number of H-pyrrole nitrogens is 1. The number of nitrogens with one attached hydrogen (secondary N) is 1. The second-order valence-corrected chi connectivity index (χ2v) is 8.76. The molecular formula is C27H23N3O3. The number of fused-ring (bicyclic) bond motifs is 4. The SMILES string of the molecule is CC(c1ccccc1)N1C(=O)C2Cc3c([nH]c4ccccc34)C(c3cccc(O)c3)N2C1=O. The van der Waals surface area contributed by atoms with E-state index in [1.807, 2.05) is 67.6 Å². The summed E-state index contributed by atoms with van der Waals surface area (Å²) in [6.07, 6.45) is 0.456. The van der Waals surface area contributed by atoms with Gasteiger partial charge in [0.25, 0.3) is 5.91 Å². The lowest BCUT2D eigenvalue weighted by molar-refractivity contribution is -0.130. The number of aromatic amines is 1. The molecule has 3 amide bonds. The number of carbonyl (C=O) groups is 2. The second-order valence-electron chi connectivity index (χ2n) is 8.76. The van der Waals surface area contributed by atoms with Crippen molar-refractivity contribution in [3.63, 3.8) is 0 Å². The van der Waals surface area contributed by atoms with Crippen LogP contribution >= 0.6 is 0 Å². The fraction of sp³-hybridized carbons (Fsp3) is 0.185. The van der Waals surface area contributed by atoms with Crippen molar-refractivity contribution < 1.29 is 14.7 Å². The van der Waals surface area contributed by atoms with Gasteiger partial charge in [-0.3, -0.25) is 14.6 Å². The molecule has 1 fully saturated rings. The molecule has 6 heteroatoms. The Hall–Kier alpha value is -4.06. The van der Waals surface area contributed by atoms with Crippen molar-refractivity contribution in [2.24, 2.45) is 0 Å². The Bertz CT molecular complexity index is 1390. The molecule has 0 saturated carbocycles. The highest BCUT2D eigenvalue weighted by Crippen LogP contribution is 2.45. The van der Waals surface area contributed by atoms with Gasteiger partial charge in [-0.1, -0.05) is 60.7 Å². The van der Waals surface area contributed by atoms with E-state index in [-0.39, 0.29) is 23.7 Å². The maximum Gasteiger partial charge on any atom is 0.328 e. The molecule has 2 N–H and O–H groups in total. The Morgan fingerprint density at radius 1 is 0.970 bits per heavy atom. The molecule has 1 saturated heterocycles. The zero-order valence-electron chi connectivity index (χ0n) is 18.1. The van der Waals surface area contributed by atoms with Gasteiger partial charge in [0.15, 0.2) is 0 Å². The summed E-state index contributed by atoms with van der Waals surface area (Å²) in [5, 5.41) is 11.2. The highest BCUT2D eigenvalue weighted by molar-refractivity contribution is 6.06. The molecule has 164 valence electrons. The number of benzene rings is 3. The third-order valence-electron chi connectivity index (χ3n) is 6.94. The van der Waals surface area contributed by atoms with Crippen LogP contribution in [0.5, 0.6) is 5.75 Å². The number of para-hydroxylation sites is 1. The molecule has 1 aromatic heterocycles. The summed E-state index contributed by atoms with van der Waals surface area (Å²) < 4.78 is 0. The number of urea groups is 1. The third-order valence-corrected chi connectivity index (χ3v) is 6.94. The van der Waals surface area contributed by atoms with Gasteiger partial charge >= 0.3 is 6.03 Å². The van der Waals surface area contributed by atoms with Crippen molar-refractivity contribution in [2.45, 2.75) is 31.5 Å². The Morgan fingerprint density at radius 3 is 2.52 bits per heavy atom. The number of amides is 3. The number of hydrogen-bond acceptors (Lipinski definition) is 3. The van der Waals surface area contributed by atoms with Crippen LogP contribution in [-0.2, 0) is 11.2 Å². The first-order valence-electron chi connectivity index (χ1n) is 11.1. The van der Waals surface area contributed by atoms with E-state index in [0.29, 0.717) is 6.42 Å². The van der Waals surface area contributed by atoms with Crippen molar-refractivity contribution in [3.05, 3.63) is 101 Å². The summed E-state index contributed by atoms with van der Waals surface area (Å²) in [7, 11) is 0. The first-order valence-corrected chi connectivity index (χ1v) is 11.1. The minimum Gasteiger partial charge on any atom is -0.508 e. The molecule has 33 heavy (non-hydrogen) atoms. The molecular weight excluding hydrogens is 414 g/mol. The topological polar surface area (TPSA) is 76.6 Å². The van der Waals surface area contributed by atoms with Gasteiger partial charge in [0, 0.05) is 23.0 Å². The molecule has 3 unspecified atom stereocenters. The number of rotatable bonds is 3. The van der Waals surface area contributed by atoms with Gasteiger partial charge in [0.05, 0.1) is 6.04 Å². The van der Waals surface area contributed by atoms with E-state index >= 15 is 0 Å². The first kappa shape index (κ1) is 19.6. The highest BCUT2D eigenvalue weighted by Gasteiger charge is 2.53. The minimum absolute atomic E-state index is 0.125. The molecule has 4 aromatic rings. The quantitative estimate of drug-likeness (QED) is 0.447. The standard InChI is InChI=1S/C27H23N3O3/c1-16(17-8-3-2-4-9-17)29-26(32)23-15-21-20-12-5-6-13-22(20)28-24(21)25(30(23)27(29)33)18-10-7-11-19(31)14-18/h2-14,16,23,25,28,31H,15H2,1H3. The Morgan fingerprint density at radius 2 is 1.73 bits per heavy atom. The lowest BCUT2D eigenvalue weighted by atomic mass is 9.89. The Balaban J connectivity index is 1.51. The van der Waals surface area contributed by atoms with E-state index in [1.165, 1.54) is 4.90 Å². The summed E-state index contributed by atoms with van der Waals surface area (Å²) in [5.41, 5.74) is 4.60. The van der Waals surface area contributed by atoms with Crippen molar-refractivity contribution in [1.82, 2.24) is 14.8 Å². The Labute approximate surface area is 191 Å². The van der Waals surface area contributed by atoms with Crippen LogP contribution in [0.1, 0.15) is 41.4 Å². The van der Waals surface area contributed by atoms with Gasteiger partial charge in [-0.05, 0) is 41.8 Å². The maximum atomic E-state index is 13.8. The fourth-order valence-corrected chi connectivity index (χ4v) is 5.37. The predicted molar refractivity (Wildman–Crippen MR) is 125 cm³/mol. The predicted octanol–water partition coefficient (Wildman–Crippen LogP) is 4.91. The molecule has 3 aromatic carbocycles. The van der Waals surface area contributed by atoms with E-state index < -0.39 is 12.1 Å². The number of aromatic nitrogens is 1. The van der Waals surface area contributed by atoms with Gasteiger partial charge in [0.1, 0.15) is 17.8 Å². The number of nitrogens with zero attached hydrogens (tertiary/aromatic N) is 2. The van der Waals surface area contributed by atoms with Crippen LogP contribution in [0.4, 0.5) is 4.79 Å². The monoisotopic (exact) mass is 437 g/mol. The van der Waals surface area contributed by atoms with Gasteiger partial charge in [-0.15, -0.1) is 0 Å². The summed E-state index contributed by atoms with van der Waals surface area (Å²) in [6.45, 7) is 1.89. The molecule has 0 spiro atoms. The average Bonchev–Trinajstić information content (AvgIpc) is 3.32. The maximum absolute atomic E-state index is 13.8. The zero-order chi connectivity index (χ0) is 22.7. The molecule has 0 bridgehead atoms. The van der Waals surface area contributed by atoms with Crippen LogP contribution in [0.3, 0.4) is 0 Å². The summed E-state index contributed by atoms with van der Waals surface area (Å²) in [4.78, 5) is 34.1. The van der Waals surface area contributed by atoms with E-state index in [9.17, 15) is 14.7 Å². The van der Waals surface area contributed by atoms with Crippen LogP contribution in [0.15, 0.2) is 78.9 Å². The summed E-state index contributed by atoms with van der Waals surface area (Å²) in [6, 6.07) is 22.8. The molecule has 2 aliphatic heterocycles. The van der Waals surface area contributed by atoms with Crippen molar-refractivity contribution in [2.75, 3.05) is 0 Å². The lowest BCUT2D eigenvalue weighted by Gasteiger charge is -2.36. The van der Waals surface area contributed by atoms with Gasteiger partial charge in [0.2, 0.25) is 0 Å². The first-order chi connectivity index (χ1) is 16.0. The number of imide groups is 1. The number of phenolic OH excluding ortho intramolecular Hbond substituents is 1. The van der Waals surface area contributed by atoms with E-state index in [1.54, 1.807) is 23.1 Å². The van der Waals surface area contributed by atoms with Gasteiger partial charge < -0.3 is 10.1 Å². The van der Waals surface area contributed by atoms with Crippen LogP contribution in [-0.4, -0.2) is 37.9 Å². The normalized spacial score (nSPS) is 20.8. The van der Waals surface area contributed by atoms with Crippen LogP contribution in [0, 0.1) is 0 Å². The van der Waals surface area contributed by atoms with Crippen molar-refractivity contribution in [1.29, 1.82) is 0 Å². The van der Waals surface area contributed by atoms with E-state index in [2.05, 4.69) is 4.98 Å². The molecule has 0 radical (unpaired) electrons. The van der Waals surface area contributed by atoms with Crippen molar-refractivity contribution >= 4 is 22.8 Å². The smallest absolute Gasteiger partial charge is 0.328 e. The summed E-state index contributed by atoms with van der Waals surface area (Å²) >= 11 is 0. The average molecular weight is 437 g/mol. The molecule has 6 nitrogen and oxygen atoms in total. The highest BCUT2D eigenvalue weighted by atomic mass is 16.3. The molecule has 3 atom stereocenters. The molecule has 6 rings (SSSR count). The number of phenols is 1. The lowest BCUT2D eigenvalue weighted by Crippen LogP contribution is -2.44. The number of aromatic hydroxyl groups is 1. The van der Waals surface area contributed by atoms with E-state index in [4.69, 9.17) is 0 Å². The number of carbonyl (C=O) groups excluding carboxylic acids is 2. The van der Waals surface area contributed by atoms with E-state index in [0.717, 1.165) is 33.3 Å². The number of hydrogen-bond donors (Lipinski definition) is 2. The summed E-state index contributed by atoms with van der Waals surface area (Å²) in [5.74, 6) is -0.0581.